The van der Waals surface area contributed by atoms with Crippen LogP contribution in [0.2, 0.25) is 12.1 Å². The van der Waals surface area contributed by atoms with Crippen molar-refractivity contribution in [2.75, 3.05) is 0 Å². The zero-order valence-corrected chi connectivity index (χ0v) is 11.1. The molecule has 0 saturated carbocycles. The molecule has 1 aliphatic rings. The van der Waals surface area contributed by atoms with Gasteiger partial charge in [-0.1, -0.05) is 61.4 Å². The number of benzene rings is 1. The van der Waals surface area contributed by atoms with E-state index in [4.69, 9.17) is 0 Å². The smallest absolute Gasteiger partial charge is 0.0652 e. The van der Waals surface area contributed by atoms with E-state index < -0.39 is 0 Å². The number of hydrogen-bond donors (Lipinski definition) is 0. The van der Waals surface area contributed by atoms with E-state index in [1.165, 1.54) is 12.1 Å². The van der Waals surface area contributed by atoms with Crippen molar-refractivity contribution in [2.45, 2.75) is 38.3 Å². The van der Waals surface area contributed by atoms with Crippen LogP contribution in [0.15, 0.2) is 18.2 Å². The minimum Gasteiger partial charge on any atom is -0.0652 e. The number of rotatable bonds is 0. The first kappa shape index (κ1) is 10.2. The van der Waals surface area contributed by atoms with Crippen molar-refractivity contribution in [2.24, 2.45) is 0 Å². The predicted octanol–water partition coefficient (Wildman–Crippen LogP) is 1.49. The lowest BCUT2D eigenvalue weighted by Crippen LogP contribution is -2.44. The second kappa shape index (κ2) is 3.67. The molecule has 0 nitrogen and oxygen atoms in total. The third kappa shape index (κ3) is 1.86. The summed E-state index contributed by atoms with van der Waals surface area (Å²) in [5, 5.41) is 3.33. The quantitative estimate of drug-likeness (QED) is 0.577. The van der Waals surface area contributed by atoms with E-state index in [0.29, 0.717) is 5.41 Å². The Labute approximate surface area is 91.8 Å². The molecule has 2 rings (SSSR count). The van der Waals surface area contributed by atoms with E-state index in [0.717, 1.165) is 19.0 Å². The Kier molecular flexibility index (Phi) is 2.67. The second-order valence-corrected chi connectivity index (χ2v) is 7.58. The standard InChI is InChI=1S/C12H16Si2/c1-12(2,3)9-5-4-6-10-11(9)14-8-7-13-10/h4-6H,7-8H2,1-3H3. The Morgan fingerprint density at radius 1 is 1.07 bits per heavy atom. The van der Waals surface area contributed by atoms with Gasteiger partial charge in [-0.2, -0.15) is 0 Å². The zero-order chi connectivity index (χ0) is 10.2. The average Bonchev–Trinajstić information content (AvgIpc) is 2.15. The first-order valence-electron chi connectivity index (χ1n) is 5.20. The van der Waals surface area contributed by atoms with Crippen LogP contribution in [0, 0.1) is 0 Å². The summed E-state index contributed by atoms with van der Waals surface area (Å²) in [6, 6.07) is 9.72. The van der Waals surface area contributed by atoms with Gasteiger partial charge in [0, 0.05) is 0 Å². The fourth-order valence-electron chi connectivity index (χ4n) is 1.90. The highest BCUT2D eigenvalue weighted by Crippen LogP contribution is 2.20. The summed E-state index contributed by atoms with van der Waals surface area (Å²) in [7, 11) is 2.11. The van der Waals surface area contributed by atoms with E-state index in [-0.39, 0.29) is 0 Å². The molecule has 0 saturated heterocycles. The Bertz CT molecular complexity index is 337. The van der Waals surface area contributed by atoms with Crippen LogP contribution < -0.4 is 10.4 Å². The molecule has 4 radical (unpaired) electrons. The molecule has 72 valence electrons. The molecule has 1 aromatic carbocycles. The van der Waals surface area contributed by atoms with Crippen molar-refractivity contribution < 1.29 is 0 Å². The van der Waals surface area contributed by atoms with Crippen molar-refractivity contribution in [3.05, 3.63) is 23.8 Å². The molecule has 0 N–H and O–H groups in total. The van der Waals surface area contributed by atoms with Gasteiger partial charge in [-0.15, -0.1) is 0 Å². The third-order valence-corrected chi connectivity index (χ3v) is 6.05. The van der Waals surface area contributed by atoms with Crippen LogP contribution in [0.4, 0.5) is 0 Å². The molecule has 0 unspecified atom stereocenters. The minimum atomic E-state index is 0.320. The van der Waals surface area contributed by atoms with Gasteiger partial charge in [0.25, 0.3) is 0 Å². The summed E-state index contributed by atoms with van der Waals surface area (Å²) in [4.78, 5) is 0. The lowest BCUT2D eigenvalue weighted by Gasteiger charge is -2.26. The van der Waals surface area contributed by atoms with Crippen LogP contribution in [0.3, 0.4) is 0 Å². The molecule has 0 fully saturated rings. The van der Waals surface area contributed by atoms with Crippen molar-refractivity contribution in [1.82, 2.24) is 0 Å². The molecule has 0 spiro atoms. The van der Waals surface area contributed by atoms with Crippen molar-refractivity contribution >= 4 is 29.4 Å². The monoisotopic (exact) mass is 216 g/mol. The van der Waals surface area contributed by atoms with E-state index in [9.17, 15) is 0 Å². The van der Waals surface area contributed by atoms with Gasteiger partial charge in [-0.25, -0.2) is 0 Å². The molecule has 0 atom stereocenters. The highest BCUT2D eigenvalue weighted by molar-refractivity contribution is 6.71. The van der Waals surface area contributed by atoms with Gasteiger partial charge < -0.3 is 0 Å². The lowest BCUT2D eigenvalue weighted by atomic mass is 9.87. The fourth-order valence-corrected chi connectivity index (χ4v) is 5.40. The van der Waals surface area contributed by atoms with Gasteiger partial charge in [0.15, 0.2) is 0 Å². The fraction of sp³-hybridized carbons (Fsp3) is 0.500. The summed E-state index contributed by atoms with van der Waals surface area (Å²) in [6.07, 6.45) is 0. The SMILES string of the molecule is CC(C)(C)c1cccc2c1[Si]CC[Si]2. The van der Waals surface area contributed by atoms with Crippen molar-refractivity contribution in [1.29, 1.82) is 0 Å². The molecule has 0 bridgehead atoms. The molecular formula is C12H16Si2. The third-order valence-electron chi connectivity index (χ3n) is 2.61. The van der Waals surface area contributed by atoms with Gasteiger partial charge in [-0.05, 0) is 11.0 Å². The highest BCUT2D eigenvalue weighted by atomic mass is 28.2. The van der Waals surface area contributed by atoms with Crippen LogP contribution in [0.1, 0.15) is 26.3 Å². The highest BCUT2D eigenvalue weighted by Gasteiger charge is 2.21. The largest absolute Gasteiger partial charge is 0.0807 e. The van der Waals surface area contributed by atoms with Crippen LogP contribution in [0.25, 0.3) is 0 Å². The number of hydrogen-bond acceptors (Lipinski definition) is 0. The zero-order valence-electron chi connectivity index (χ0n) is 9.15. The molecule has 1 heterocycles. The van der Waals surface area contributed by atoms with E-state index in [1.807, 2.05) is 0 Å². The van der Waals surface area contributed by atoms with Gasteiger partial charge >= 0.3 is 0 Å². The van der Waals surface area contributed by atoms with Gasteiger partial charge in [0.2, 0.25) is 0 Å². The first-order valence-corrected chi connectivity index (χ1v) is 7.62. The molecule has 0 amide bonds. The van der Waals surface area contributed by atoms with Gasteiger partial charge in [0.05, 0.1) is 19.0 Å². The summed E-state index contributed by atoms with van der Waals surface area (Å²) in [6.45, 7) is 6.97. The maximum absolute atomic E-state index is 2.33. The maximum atomic E-state index is 2.33. The summed E-state index contributed by atoms with van der Waals surface area (Å²) in [5.41, 5.74) is 1.90. The molecule has 0 aliphatic carbocycles. The molecule has 1 aromatic rings. The summed E-state index contributed by atoms with van der Waals surface area (Å²) < 4.78 is 0. The van der Waals surface area contributed by atoms with Crippen LogP contribution >= 0.6 is 0 Å². The maximum Gasteiger partial charge on any atom is 0.0807 e. The molecular weight excluding hydrogens is 200 g/mol. The molecule has 1 aliphatic heterocycles. The average molecular weight is 216 g/mol. The van der Waals surface area contributed by atoms with Crippen molar-refractivity contribution in [3.63, 3.8) is 0 Å². The lowest BCUT2D eigenvalue weighted by molar-refractivity contribution is 0.594. The Balaban J connectivity index is 2.51. The Hall–Kier alpha value is -0.346. The minimum absolute atomic E-state index is 0.320. The molecule has 2 heteroatoms. The van der Waals surface area contributed by atoms with Crippen LogP contribution in [-0.4, -0.2) is 19.0 Å². The molecule has 14 heavy (non-hydrogen) atoms. The van der Waals surface area contributed by atoms with E-state index in [1.54, 1.807) is 15.9 Å². The summed E-state index contributed by atoms with van der Waals surface area (Å²) in [5.74, 6) is 0. The first-order chi connectivity index (χ1) is 6.59. The predicted molar refractivity (Wildman–Crippen MR) is 65.5 cm³/mol. The van der Waals surface area contributed by atoms with E-state index in [2.05, 4.69) is 39.0 Å². The van der Waals surface area contributed by atoms with Gasteiger partial charge in [-0.3, -0.25) is 0 Å². The Morgan fingerprint density at radius 3 is 2.50 bits per heavy atom. The van der Waals surface area contributed by atoms with Crippen molar-refractivity contribution in [3.8, 4) is 0 Å². The van der Waals surface area contributed by atoms with Crippen LogP contribution in [-0.2, 0) is 5.41 Å². The number of fused-ring (bicyclic) bond motifs is 1. The second-order valence-electron chi connectivity index (χ2n) is 4.83. The molecule has 0 aromatic heterocycles. The van der Waals surface area contributed by atoms with Gasteiger partial charge in [0.1, 0.15) is 0 Å². The topological polar surface area (TPSA) is 0 Å². The normalized spacial score (nSPS) is 16.5. The summed E-state index contributed by atoms with van der Waals surface area (Å²) >= 11 is 0. The Morgan fingerprint density at radius 2 is 1.79 bits per heavy atom. The van der Waals surface area contributed by atoms with Crippen LogP contribution in [0.5, 0.6) is 0 Å². The van der Waals surface area contributed by atoms with E-state index >= 15 is 0 Å².